The highest BCUT2D eigenvalue weighted by atomic mass is 16.6. The normalized spacial score (nSPS) is 10.4. The number of hydrogen-bond acceptors (Lipinski definition) is 8. The number of benzene rings is 2. The molecule has 0 radical (unpaired) electrons. The van der Waals surface area contributed by atoms with Crippen molar-refractivity contribution in [2.24, 2.45) is 0 Å². The van der Waals surface area contributed by atoms with Gasteiger partial charge in [0.05, 0.1) is 14.2 Å². The summed E-state index contributed by atoms with van der Waals surface area (Å²) in [6.07, 6.45) is 1.48. The smallest absolute Gasteiger partial charge is 0.343 e. The summed E-state index contributed by atoms with van der Waals surface area (Å²) < 4.78 is 20.8. The van der Waals surface area contributed by atoms with Crippen LogP contribution < -0.4 is 9.47 Å². The zero-order chi connectivity index (χ0) is 20.8. The van der Waals surface area contributed by atoms with E-state index in [0.29, 0.717) is 17.9 Å². The van der Waals surface area contributed by atoms with Gasteiger partial charge in [-0.2, -0.15) is 4.98 Å². The largest absolute Gasteiger partial charge is 0.493 e. The van der Waals surface area contributed by atoms with Crippen LogP contribution in [0.25, 0.3) is 11.4 Å². The predicted molar refractivity (Wildman–Crippen MR) is 103 cm³/mol. The standard InChI is InChI=1S/C21H20N2O6/c1-4-13-5-7-14(8-6-13)20-22-17(29-23-20)12-28-21(25)18-15(11-24)9-10-16(26-2)19(18)27-3/h5-11H,4,12H2,1-3H3. The number of carbonyl (C=O) groups is 2. The molecule has 0 aliphatic carbocycles. The van der Waals surface area contributed by atoms with Gasteiger partial charge in [0.15, 0.2) is 24.4 Å². The molecule has 3 aromatic rings. The first kappa shape index (κ1) is 20.1. The van der Waals surface area contributed by atoms with Gasteiger partial charge in [-0.05, 0) is 24.1 Å². The third kappa shape index (κ3) is 4.26. The molecule has 0 saturated carbocycles. The molecule has 0 amide bonds. The van der Waals surface area contributed by atoms with Gasteiger partial charge in [-0.15, -0.1) is 0 Å². The minimum Gasteiger partial charge on any atom is -0.493 e. The van der Waals surface area contributed by atoms with Crippen molar-refractivity contribution >= 4 is 12.3 Å². The van der Waals surface area contributed by atoms with E-state index >= 15 is 0 Å². The molecule has 0 aliphatic rings. The number of carbonyl (C=O) groups excluding carboxylic acids is 2. The Morgan fingerprint density at radius 3 is 2.48 bits per heavy atom. The molecule has 1 aromatic heterocycles. The van der Waals surface area contributed by atoms with E-state index in [4.69, 9.17) is 18.7 Å². The van der Waals surface area contributed by atoms with Crippen LogP contribution in [-0.4, -0.2) is 36.6 Å². The van der Waals surface area contributed by atoms with Crippen LogP contribution in [0.1, 0.15) is 39.1 Å². The van der Waals surface area contributed by atoms with E-state index < -0.39 is 5.97 Å². The van der Waals surface area contributed by atoms with E-state index in [9.17, 15) is 9.59 Å². The Balaban J connectivity index is 1.76. The van der Waals surface area contributed by atoms with Crippen LogP contribution in [0.2, 0.25) is 0 Å². The van der Waals surface area contributed by atoms with Gasteiger partial charge in [-0.25, -0.2) is 4.79 Å². The van der Waals surface area contributed by atoms with E-state index in [-0.39, 0.29) is 29.4 Å². The summed E-state index contributed by atoms with van der Waals surface area (Å²) in [6.45, 7) is 1.82. The van der Waals surface area contributed by atoms with Crippen LogP contribution >= 0.6 is 0 Å². The van der Waals surface area contributed by atoms with Crippen LogP contribution in [0.5, 0.6) is 11.5 Å². The maximum absolute atomic E-state index is 12.6. The number of rotatable bonds is 8. The van der Waals surface area contributed by atoms with Gasteiger partial charge in [-0.3, -0.25) is 4.79 Å². The van der Waals surface area contributed by atoms with Crippen LogP contribution in [0.4, 0.5) is 0 Å². The van der Waals surface area contributed by atoms with Gasteiger partial charge in [0.25, 0.3) is 5.89 Å². The number of ether oxygens (including phenoxy) is 3. The highest BCUT2D eigenvalue weighted by Crippen LogP contribution is 2.33. The van der Waals surface area contributed by atoms with Crippen molar-refractivity contribution < 1.29 is 28.3 Å². The lowest BCUT2D eigenvalue weighted by atomic mass is 10.1. The second kappa shape index (κ2) is 9.01. The van der Waals surface area contributed by atoms with Crippen molar-refractivity contribution in [1.29, 1.82) is 0 Å². The van der Waals surface area contributed by atoms with Gasteiger partial charge in [0, 0.05) is 11.1 Å². The van der Waals surface area contributed by atoms with E-state index in [1.54, 1.807) is 0 Å². The average Bonchev–Trinajstić information content (AvgIpc) is 3.25. The summed E-state index contributed by atoms with van der Waals surface area (Å²) in [7, 11) is 2.80. The molecule has 3 rings (SSSR count). The summed E-state index contributed by atoms with van der Waals surface area (Å²) in [4.78, 5) is 28.2. The molecule has 29 heavy (non-hydrogen) atoms. The van der Waals surface area contributed by atoms with Gasteiger partial charge in [0.1, 0.15) is 5.56 Å². The third-order valence-electron chi connectivity index (χ3n) is 4.32. The Morgan fingerprint density at radius 2 is 1.86 bits per heavy atom. The fourth-order valence-electron chi connectivity index (χ4n) is 2.77. The van der Waals surface area contributed by atoms with Crippen molar-refractivity contribution in [3.63, 3.8) is 0 Å². The fourth-order valence-corrected chi connectivity index (χ4v) is 2.77. The molecule has 0 unspecified atom stereocenters. The van der Waals surface area contributed by atoms with Crippen molar-refractivity contribution in [3.8, 4) is 22.9 Å². The minimum atomic E-state index is -0.769. The first-order valence-corrected chi connectivity index (χ1v) is 8.90. The van der Waals surface area contributed by atoms with E-state index in [1.807, 2.05) is 24.3 Å². The molecule has 0 bridgehead atoms. The number of aldehydes is 1. The average molecular weight is 396 g/mol. The van der Waals surface area contributed by atoms with Gasteiger partial charge < -0.3 is 18.7 Å². The summed E-state index contributed by atoms with van der Waals surface area (Å²) in [5.41, 5.74) is 2.08. The lowest BCUT2D eigenvalue weighted by Gasteiger charge is -2.13. The van der Waals surface area contributed by atoms with E-state index in [0.717, 1.165) is 12.0 Å². The molecule has 150 valence electrons. The Kier molecular flexibility index (Phi) is 6.23. The number of nitrogens with zero attached hydrogens (tertiary/aromatic N) is 2. The number of esters is 1. The molecule has 8 nitrogen and oxygen atoms in total. The molecule has 0 atom stereocenters. The molecular weight excluding hydrogens is 376 g/mol. The lowest BCUT2D eigenvalue weighted by Crippen LogP contribution is -2.11. The highest BCUT2D eigenvalue weighted by Gasteiger charge is 2.23. The first-order chi connectivity index (χ1) is 14.1. The van der Waals surface area contributed by atoms with Crippen LogP contribution in [0.15, 0.2) is 40.9 Å². The zero-order valence-electron chi connectivity index (χ0n) is 16.3. The Morgan fingerprint density at radius 1 is 1.10 bits per heavy atom. The summed E-state index contributed by atoms with van der Waals surface area (Å²) >= 11 is 0. The predicted octanol–water partition coefficient (Wildman–Crippen LogP) is 3.49. The molecule has 2 aromatic carbocycles. The zero-order valence-corrected chi connectivity index (χ0v) is 16.3. The first-order valence-electron chi connectivity index (χ1n) is 8.90. The summed E-state index contributed by atoms with van der Waals surface area (Å²) in [6, 6.07) is 10.8. The van der Waals surface area contributed by atoms with E-state index in [2.05, 4.69) is 17.1 Å². The van der Waals surface area contributed by atoms with Gasteiger partial charge in [0.2, 0.25) is 5.82 Å². The highest BCUT2D eigenvalue weighted by molar-refractivity contribution is 6.01. The SMILES string of the molecule is CCc1ccc(-c2noc(COC(=O)c3c(C=O)ccc(OC)c3OC)n2)cc1. The Labute approximate surface area is 167 Å². The number of methoxy groups -OCH3 is 2. The van der Waals surface area contributed by atoms with Crippen LogP contribution in [0, 0.1) is 0 Å². The molecule has 0 spiro atoms. The maximum atomic E-state index is 12.6. The summed E-state index contributed by atoms with van der Waals surface area (Å²) in [5.74, 6) is 0.175. The van der Waals surface area contributed by atoms with Crippen molar-refractivity contribution in [2.75, 3.05) is 14.2 Å². The molecule has 0 fully saturated rings. The van der Waals surface area contributed by atoms with Crippen LogP contribution in [0.3, 0.4) is 0 Å². The molecule has 1 heterocycles. The maximum Gasteiger partial charge on any atom is 0.343 e. The molecule has 0 saturated heterocycles. The van der Waals surface area contributed by atoms with Crippen molar-refractivity contribution in [2.45, 2.75) is 20.0 Å². The Hall–Kier alpha value is -3.68. The minimum absolute atomic E-state index is 0.0308. The number of hydrogen-bond donors (Lipinski definition) is 0. The molecule has 8 heteroatoms. The molecule has 0 aliphatic heterocycles. The molecular formula is C21H20N2O6. The van der Waals surface area contributed by atoms with Crippen LogP contribution in [-0.2, 0) is 17.8 Å². The van der Waals surface area contributed by atoms with Crippen molar-refractivity contribution in [3.05, 3.63) is 59.0 Å². The van der Waals surface area contributed by atoms with E-state index in [1.165, 1.54) is 31.9 Å². The monoisotopic (exact) mass is 396 g/mol. The second-order valence-electron chi connectivity index (χ2n) is 6.02. The number of aryl methyl sites for hydroxylation is 1. The Bertz CT molecular complexity index is 1010. The third-order valence-corrected chi connectivity index (χ3v) is 4.32. The lowest BCUT2D eigenvalue weighted by molar-refractivity contribution is 0.0423. The number of aromatic nitrogens is 2. The quantitative estimate of drug-likeness (QED) is 0.421. The van der Waals surface area contributed by atoms with Gasteiger partial charge in [-0.1, -0.05) is 36.3 Å². The fraction of sp³-hybridized carbons (Fsp3) is 0.238. The second-order valence-corrected chi connectivity index (χ2v) is 6.02. The topological polar surface area (TPSA) is 101 Å². The van der Waals surface area contributed by atoms with Crippen molar-refractivity contribution in [1.82, 2.24) is 10.1 Å². The van der Waals surface area contributed by atoms with Gasteiger partial charge >= 0.3 is 5.97 Å². The molecule has 0 N–H and O–H groups in total. The summed E-state index contributed by atoms with van der Waals surface area (Å²) in [5, 5.41) is 3.91.